The largest absolute Gasteiger partial charge is 0.507 e. The van der Waals surface area contributed by atoms with E-state index in [4.69, 9.17) is 9.26 Å². The Hall–Kier alpha value is -1.88. The van der Waals surface area contributed by atoms with Gasteiger partial charge in [0.05, 0.1) is 5.56 Å². The summed E-state index contributed by atoms with van der Waals surface area (Å²) in [4.78, 5) is 4.38. The molecular formula is C14H16N2O3. The molecule has 0 unspecified atom stereocenters. The van der Waals surface area contributed by atoms with Crippen LogP contribution in [0.1, 0.15) is 30.7 Å². The number of aryl methyl sites for hydroxylation is 1. The standard InChI is InChI=1S/C14H16N2O3/c1-9-4-5-11(17)10(8-9)12-15-13(16-19-12)14(18-2)6-3-7-14/h4-5,8,17H,3,6-7H2,1-2H3. The minimum atomic E-state index is -0.402. The molecule has 1 saturated carbocycles. The van der Waals surface area contributed by atoms with Gasteiger partial charge < -0.3 is 14.4 Å². The van der Waals surface area contributed by atoms with Gasteiger partial charge in [0.1, 0.15) is 11.4 Å². The first kappa shape index (κ1) is 12.2. The van der Waals surface area contributed by atoms with Crippen molar-refractivity contribution in [1.29, 1.82) is 0 Å². The van der Waals surface area contributed by atoms with Crippen LogP contribution in [0.3, 0.4) is 0 Å². The Bertz CT molecular complexity index is 597. The van der Waals surface area contributed by atoms with Crippen molar-refractivity contribution in [1.82, 2.24) is 10.1 Å². The quantitative estimate of drug-likeness (QED) is 0.919. The lowest BCUT2D eigenvalue weighted by atomic mass is 9.79. The van der Waals surface area contributed by atoms with Crippen LogP contribution in [0.25, 0.3) is 11.5 Å². The highest BCUT2D eigenvalue weighted by Crippen LogP contribution is 2.43. The normalized spacial score (nSPS) is 17.2. The molecule has 0 atom stereocenters. The fourth-order valence-electron chi connectivity index (χ4n) is 2.36. The number of nitrogens with zero attached hydrogens (tertiary/aromatic N) is 2. The third-order valence-electron chi connectivity index (χ3n) is 3.77. The van der Waals surface area contributed by atoms with Crippen LogP contribution in [-0.4, -0.2) is 22.4 Å². The topological polar surface area (TPSA) is 68.4 Å². The highest BCUT2D eigenvalue weighted by atomic mass is 16.5. The SMILES string of the molecule is COC1(c2noc(-c3cc(C)ccc3O)n2)CCC1. The maximum atomic E-state index is 9.87. The molecule has 1 aromatic heterocycles. The van der Waals surface area contributed by atoms with E-state index in [1.165, 1.54) is 0 Å². The summed E-state index contributed by atoms with van der Waals surface area (Å²) in [5.41, 5.74) is 1.18. The van der Waals surface area contributed by atoms with Gasteiger partial charge in [-0.1, -0.05) is 16.8 Å². The van der Waals surface area contributed by atoms with Gasteiger partial charge in [0.25, 0.3) is 5.89 Å². The van der Waals surface area contributed by atoms with Crippen LogP contribution in [0, 0.1) is 6.92 Å². The molecule has 0 aliphatic heterocycles. The number of phenolic OH excluding ortho intramolecular Hbond substituents is 1. The maximum absolute atomic E-state index is 9.87. The van der Waals surface area contributed by atoms with Gasteiger partial charge in [-0.25, -0.2) is 0 Å². The minimum absolute atomic E-state index is 0.140. The minimum Gasteiger partial charge on any atom is -0.507 e. The second kappa shape index (κ2) is 4.35. The van der Waals surface area contributed by atoms with Gasteiger partial charge in [0.15, 0.2) is 0 Å². The molecule has 0 saturated heterocycles. The van der Waals surface area contributed by atoms with Crippen molar-refractivity contribution < 1.29 is 14.4 Å². The zero-order chi connectivity index (χ0) is 13.5. The van der Waals surface area contributed by atoms with E-state index in [0.29, 0.717) is 17.3 Å². The van der Waals surface area contributed by atoms with E-state index in [1.54, 1.807) is 13.2 Å². The summed E-state index contributed by atoms with van der Waals surface area (Å²) in [5, 5.41) is 13.9. The molecule has 0 spiro atoms. The first-order chi connectivity index (χ1) is 9.14. The summed E-state index contributed by atoms with van der Waals surface area (Å²) in [5.74, 6) is 1.04. The van der Waals surface area contributed by atoms with E-state index in [9.17, 15) is 5.11 Å². The van der Waals surface area contributed by atoms with Crippen molar-refractivity contribution in [2.24, 2.45) is 0 Å². The first-order valence-electron chi connectivity index (χ1n) is 6.34. The number of hydrogen-bond donors (Lipinski definition) is 1. The molecule has 0 radical (unpaired) electrons. The summed E-state index contributed by atoms with van der Waals surface area (Å²) in [6, 6.07) is 5.29. The van der Waals surface area contributed by atoms with Crippen LogP contribution >= 0.6 is 0 Å². The lowest BCUT2D eigenvalue weighted by Crippen LogP contribution is -2.37. The molecule has 1 aromatic carbocycles. The molecule has 100 valence electrons. The number of hydrogen-bond acceptors (Lipinski definition) is 5. The van der Waals surface area contributed by atoms with Gasteiger partial charge in [-0.15, -0.1) is 0 Å². The van der Waals surface area contributed by atoms with Gasteiger partial charge in [0.2, 0.25) is 5.82 Å². The highest BCUT2D eigenvalue weighted by Gasteiger charge is 2.43. The molecule has 2 aromatic rings. The fourth-order valence-corrected chi connectivity index (χ4v) is 2.36. The van der Waals surface area contributed by atoms with Crippen LogP contribution in [0.15, 0.2) is 22.7 Å². The third-order valence-corrected chi connectivity index (χ3v) is 3.77. The molecule has 19 heavy (non-hydrogen) atoms. The van der Waals surface area contributed by atoms with Crippen LogP contribution in [-0.2, 0) is 10.3 Å². The summed E-state index contributed by atoms with van der Waals surface area (Å²) in [6.07, 6.45) is 2.91. The lowest BCUT2D eigenvalue weighted by molar-refractivity contribution is -0.0858. The summed E-state index contributed by atoms with van der Waals surface area (Å²) in [7, 11) is 1.67. The van der Waals surface area contributed by atoms with Crippen molar-refractivity contribution in [3.05, 3.63) is 29.6 Å². The molecule has 3 rings (SSSR count). The number of aromatic hydroxyl groups is 1. The van der Waals surface area contributed by atoms with Gasteiger partial charge in [-0.2, -0.15) is 4.98 Å². The maximum Gasteiger partial charge on any atom is 0.261 e. The van der Waals surface area contributed by atoms with Crippen molar-refractivity contribution in [3.8, 4) is 17.2 Å². The van der Waals surface area contributed by atoms with Crippen molar-refractivity contribution in [3.63, 3.8) is 0 Å². The Labute approximate surface area is 111 Å². The molecule has 1 heterocycles. The van der Waals surface area contributed by atoms with E-state index in [-0.39, 0.29) is 5.75 Å². The zero-order valence-corrected chi connectivity index (χ0v) is 11.0. The van der Waals surface area contributed by atoms with Gasteiger partial charge >= 0.3 is 0 Å². The van der Waals surface area contributed by atoms with E-state index in [1.807, 2.05) is 19.1 Å². The van der Waals surface area contributed by atoms with E-state index >= 15 is 0 Å². The molecule has 1 N–H and O–H groups in total. The van der Waals surface area contributed by atoms with Gasteiger partial charge in [-0.3, -0.25) is 0 Å². The van der Waals surface area contributed by atoms with Crippen LogP contribution < -0.4 is 0 Å². The van der Waals surface area contributed by atoms with Crippen molar-refractivity contribution >= 4 is 0 Å². The van der Waals surface area contributed by atoms with Crippen LogP contribution in [0.4, 0.5) is 0 Å². The van der Waals surface area contributed by atoms with Gasteiger partial charge in [-0.05, 0) is 38.3 Å². The Morgan fingerprint density at radius 2 is 2.16 bits per heavy atom. The highest BCUT2D eigenvalue weighted by molar-refractivity contribution is 5.63. The average Bonchev–Trinajstić information content (AvgIpc) is 2.81. The van der Waals surface area contributed by atoms with Crippen LogP contribution in [0.5, 0.6) is 5.75 Å². The number of aromatic nitrogens is 2. The number of benzene rings is 1. The third kappa shape index (κ3) is 1.90. The van der Waals surface area contributed by atoms with E-state index in [0.717, 1.165) is 24.8 Å². The first-order valence-corrected chi connectivity index (χ1v) is 6.34. The van der Waals surface area contributed by atoms with Crippen molar-refractivity contribution in [2.75, 3.05) is 7.11 Å². The molecule has 1 aliphatic carbocycles. The molecule has 1 fully saturated rings. The lowest BCUT2D eigenvalue weighted by Gasteiger charge is -2.37. The van der Waals surface area contributed by atoms with Crippen molar-refractivity contribution in [2.45, 2.75) is 31.8 Å². The Balaban J connectivity index is 1.99. The number of ether oxygens (including phenoxy) is 1. The Morgan fingerprint density at radius 1 is 1.37 bits per heavy atom. The molecular weight excluding hydrogens is 244 g/mol. The predicted octanol–water partition coefficient (Wildman–Crippen LogP) is 2.78. The second-order valence-corrected chi connectivity index (χ2v) is 5.00. The molecule has 0 amide bonds. The fraction of sp³-hybridized carbons (Fsp3) is 0.429. The second-order valence-electron chi connectivity index (χ2n) is 5.00. The summed E-state index contributed by atoms with van der Waals surface area (Å²) < 4.78 is 10.8. The predicted molar refractivity (Wildman–Crippen MR) is 68.7 cm³/mol. The van der Waals surface area contributed by atoms with Crippen LogP contribution in [0.2, 0.25) is 0 Å². The molecule has 1 aliphatic rings. The number of methoxy groups -OCH3 is 1. The van der Waals surface area contributed by atoms with Gasteiger partial charge in [0, 0.05) is 7.11 Å². The Morgan fingerprint density at radius 3 is 2.79 bits per heavy atom. The zero-order valence-electron chi connectivity index (χ0n) is 11.0. The average molecular weight is 260 g/mol. The smallest absolute Gasteiger partial charge is 0.261 e. The van der Waals surface area contributed by atoms with E-state index < -0.39 is 5.60 Å². The summed E-state index contributed by atoms with van der Waals surface area (Å²) >= 11 is 0. The monoisotopic (exact) mass is 260 g/mol. The molecule has 5 nitrogen and oxygen atoms in total. The number of rotatable bonds is 3. The molecule has 0 bridgehead atoms. The summed E-state index contributed by atoms with van der Waals surface area (Å²) in [6.45, 7) is 1.95. The molecule has 5 heteroatoms. The Kier molecular flexibility index (Phi) is 2.78. The number of phenols is 1. The van der Waals surface area contributed by atoms with E-state index in [2.05, 4.69) is 10.1 Å².